The molecule has 98 valence electrons. The lowest BCUT2D eigenvalue weighted by Crippen LogP contribution is -2.12. The predicted octanol–water partition coefficient (Wildman–Crippen LogP) is 3.22. The molecule has 0 aliphatic carbocycles. The van der Waals surface area contributed by atoms with E-state index in [1.807, 2.05) is 19.1 Å². The average molecular weight is 258 g/mol. The van der Waals surface area contributed by atoms with E-state index in [0.717, 1.165) is 12.0 Å². The van der Waals surface area contributed by atoms with E-state index in [4.69, 9.17) is 5.73 Å². The van der Waals surface area contributed by atoms with Gasteiger partial charge in [-0.25, -0.2) is 4.39 Å². The van der Waals surface area contributed by atoms with Crippen molar-refractivity contribution in [3.8, 4) is 0 Å². The maximum absolute atomic E-state index is 13.3. The Morgan fingerprint density at radius 3 is 2.47 bits per heavy atom. The summed E-state index contributed by atoms with van der Waals surface area (Å²) < 4.78 is 13.3. The Labute approximate surface area is 111 Å². The van der Waals surface area contributed by atoms with Crippen LogP contribution >= 0.6 is 0 Å². The molecular weight excluding hydrogens is 243 g/mol. The van der Waals surface area contributed by atoms with Gasteiger partial charge in [0.05, 0.1) is 5.69 Å². The van der Waals surface area contributed by atoms with E-state index in [-0.39, 0.29) is 11.6 Å². The Bertz CT molecular complexity index is 594. The highest BCUT2D eigenvalue weighted by Gasteiger charge is 2.07. The number of amides is 1. The third-order valence-corrected chi connectivity index (χ3v) is 2.88. The number of hydrogen-bond acceptors (Lipinski definition) is 2. The zero-order valence-electron chi connectivity index (χ0n) is 10.6. The van der Waals surface area contributed by atoms with Crippen molar-refractivity contribution in [3.63, 3.8) is 0 Å². The van der Waals surface area contributed by atoms with Gasteiger partial charge in [0, 0.05) is 11.3 Å². The van der Waals surface area contributed by atoms with Crippen LogP contribution in [0, 0.1) is 5.82 Å². The van der Waals surface area contributed by atoms with Crippen LogP contribution in [0.1, 0.15) is 22.8 Å². The predicted molar refractivity (Wildman–Crippen MR) is 74.6 cm³/mol. The Morgan fingerprint density at radius 2 is 1.89 bits per heavy atom. The summed E-state index contributed by atoms with van der Waals surface area (Å²) in [7, 11) is 0. The standard InChI is InChI=1S/C15H15FN2O/c1-2-10-3-5-11(6-4-10)15(19)18-12-7-8-14(17)13(16)9-12/h3-9H,2,17H2,1H3,(H,18,19). The first-order valence-electron chi connectivity index (χ1n) is 6.05. The van der Waals surface area contributed by atoms with Gasteiger partial charge in [0.1, 0.15) is 5.82 Å². The van der Waals surface area contributed by atoms with Gasteiger partial charge in [-0.3, -0.25) is 4.79 Å². The van der Waals surface area contributed by atoms with Crippen molar-refractivity contribution in [1.82, 2.24) is 0 Å². The van der Waals surface area contributed by atoms with Crippen LogP contribution in [0.4, 0.5) is 15.8 Å². The third-order valence-electron chi connectivity index (χ3n) is 2.88. The second kappa shape index (κ2) is 5.52. The van der Waals surface area contributed by atoms with Gasteiger partial charge in [-0.1, -0.05) is 19.1 Å². The van der Waals surface area contributed by atoms with E-state index >= 15 is 0 Å². The number of carbonyl (C=O) groups is 1. The summed E-state index contributed by atoms with van der Waals surface area (Å²) in [5, 5.41) is 2.63. The van der Waals surface area contributed by atoms with Crippen LogP contribution in [-0.4, -0.2) is 5.91 Å². The van der Waals surface area contributed by atoms with Gasteiger partial charge < -0.3 is 11.1 Å². The number of nitrogens with one attached hydrogen (secondary N) is 1. The van der Waals surface area contributed by atoms with Crippen molar-refractivity contribution in [2.24, 2.45) is 0 Å². The first-order chi connectivity index (χ1) is 9.10. The fourth-order valence-corrected chi connectivity index (χ4v) is 1.70. The molecule has 2 aromatic rings. The van der Waals surface area contributed by atoms with E-state index in [0.29, 0.717) is 11.3 Å². The lowest BCUT2D eigenvalue weighted by Gasteiger charge is -2.07. The number of aryl methyl sites for hydroxylation is 1. The van der Waals surface area contributed by atoms with Crippen LogP contribution in [0.2, 0.25) is 0 Å². The van der Waals surface area contributed by atoms with Crippen LogP contribution in [-0.2, 0) is 6.42 Å². The lowest BCUT2D eigenvalue weighted by atomic mass is 10.1. The summed E-state index contributed by atoms with van der Waals surface area (Å²) in [5.41, 5.74) is 7.52. The summed E-state index contributed by atoms with van der Waals surface area (Å²) in [4.78, 5) is 11.9. The molecule has 4 heteroatoms. The molecule has 3 N–H and O–H groups in total. The molecule has 2 rings (SSSR count). The first kappa shape index (κ1) is 13.1. The van der Waals surface area contributed by atoms with Crippen LogP contribution in [0.15, 0.2) is 42.5 Å². The summed E-state index contributed by atoms with van der Waals surface area (Å²) in [6.45, 7) is 2.05. The highest BCUT2D eigenvalue weighted by Crippen LogP contribution is 2.17. The zero-order valence-corrected chi connectivity index (χ0v) is 10.6. The van der Waals surface area contributed by atoms with Crippen LogP contribution in [0.5, 0.6) is 0 Å². The average Bonchev–Trinajstić information content (AvgIpc) is 2.43. The molecule has 0 radical (unpaired) electrons. The van der Waals surface area contributed by atoms with Crippen LogP contribution < -0.4 is 11.1 Å². The minimum atomic E-state index is -0.542. The SMILES string of the molecule is CCc1ccc(C(=O)Nc2ccc(N)c(F)c2)cc1. The monoisotopic (exact) mass is 258 g/mol. The number of nitrogens with two attached hydrogens (primary N) is 1. The molecule has 0 aliphatic rings. The zero-order chi connectivity index (χ0) is 13.8. The van der Waals surface area contributed by atoms with Gasteiger partial charge >= 0.3 is 0 Å². The third kappa shape index (κ3) is 3.10. The molecule has 0 saturated heterocycles. The van der Waals surface area contributed by atoms with Crippen molar-refractivity contribution in [2.75, 3.05) is 11.1 Å². The van der Waals surface area contributed by atoms with Gasteiger partial charge in [-0.2, -0.15) is 0 Å². The molecular formula is C15H15FN2O. The number of carbonyl (C=O) groups excluding carboxylic acids is 1. The first-order valence-corrected chi connectivity index (χ1v) is 6.05. The van der Waals surface area contributed by atoms with Crippen LogP contribution in [0.3, 0.4) is 0 Å². The molecule has 3 nitrogen and oxygen atoms in total. The van der Waals surface area contributed by atoms with E-state index in [1.54, 1.807) is 18.2 Å². The van der Waals surface area contributed by atoms with Gasteiger partial charge in [0.2, 0.25) is 0 Å². The number of halogens is 1. The molecule has 0 atom stereocenters. The molecule has 0 unspecified atom stereocenters. The number of nitrogen functional groups attached to an aromatic ring is 1. The van der Waals surface area contributed by atoms with Crippen molar-refractivity contribution in [1.29, 1.82) is 0 Å². The maximum atomic E-state index is 13.3. The largest absolute Gasteiger partial charge is 0.396 e. The number of anilines is 2. The molecule has 0 fully saturated rings. The van der Waals surface area contributed by atoms with Gasteiger partial charge in [-0.05, 0) is 42.3 Å². The van der Waals surface area contributed by atoms with Gasteiger partial charge in [-0.15, -0.1) is 0 Å². The number of benzene rings is 2. The fraction of sp³-hybridized carbons (Fsp3) is 0.133. The maximum Gasteiger partial charge on any atom is 0.255 e. The van der Waals surface area contributed by atoms with Crippen molar-refractivity contribution >= 4 is 17.3 Å². The van der Waals surface area contributed by atoms with Crippen molar-refractivity contribution < 1.29 is 9.18 Å². The quantitative estimate of drug-likeness (QED) is 0.830. The molecule has 0 heterocycles. The minimum absolute atomic E-state index is 0.0605. The summed E-state index contributed by atoms with van der Waals surface area (Å²) >= 11 is 0. The summed E-state index contributed by atoms with van der Waals surface area (Å²) in [6.07, 6.45) is 0.922. The van der Waals surface area contributed by atoms with Crippen molar-refractivity contribution in [2.45, 2.75) is 13.3 Å². The van der Waals surface area contributed by atoms with E-state index < -0.39 is 5.82 Å². The fourth-order valence-electron chi connectivity index (χ4n) is 1.70. The Balaban J connectivity index is 2.13. The normalized spacial score (nSPS) is 10.2. The Hall–Kier alpha value is -2.36. The molecule has 2 aromatic carbocycles. The summed E-state index contributed by atoms with van der Waals surface area (Å²) in [6, 6.07) is 11.5. The molecule has 0 aromatic heterocycles. The topological polar surface area (TPSA) is 55.1 Å². The second-order valence-electron chi connectivity index (χ2n) is 4.24. The van der Waals surface area contributed by atoms with E-state index in [9.17, 15) is 9.18 Å². The van der Waals surface area contributed by atoms with Gasteiger partial charge in [0.15, 0.2) is 0 Å². The number of rotatable bonds is 3. The molecule has 0 aliphatic heterocycles. The summed E-state index contributed by atoms with van der Waals surface area (Å²) in [5.74, 6) is -0.814. The molecule has 0 spiro atoms. The molecule has 19 heavy (non-hydrogen) atoms. The molecule has 0 bridgehead atoms. The molecule has 0 saturated carbocycles. The minimum Gasteiger partial charge on any atom is -0.396 e. The van der Waals surface area contributed by atoms with E-state index in [1.165, 1.54) is 12.1 Å². The molecule has 1 amide bonds. The smallest absolute Gasteiger partial charge is 0.255 e. The highest BCUT2D eigenvalue weighted by molar-refractivity contribution is 6.04. The highest BCUT2D eigenvalue weighted by atomic mass is 19.1. The van der Waals surface area contributed by atoms with Gasteiger partial charge in [0.25, 0.3) is 5.91 Å². The van der Waals surface area contributed by atoms with Crippen molar-refractivity contribution in [3.05, 3.63) is 59.4 Å². The van der Waals surface area contributed by atoms with Crippen LogP contribution in [0.25, 0.3) is 0 Å². The Kier molecular flexibility index (Phi) is 3.80. The second-order valence-corrected chi connectivity index (χ2v) is 4.24. The number of hydrogen-bond donors (Lipinski definition) is 2. The lowest BCUT2D eigenvalue weighted by molar-refractivity contribution is 0.102. The Morgan fingerprint density at radius 1 is 1.21 bits per heavy atom. The van der Waals surface area contributed by atoms with E-state index in [2.05, 4.69) is 5.32 Å².